The molecule has 0 bridgehead atoms. The van der Waals surface area contributed by atoms with Crippen LogP contribution in [0.2, 0.25) is 0 Å². The van der Waals surface area contributed by atoms with Crippen molar-refractivity contribution >= 4 is 16.8 Å². The largest absolute Gasteiger partial charge is 0.633 e. The van der Waals surface area contributed by atoms with E-state index in [4.69, 9.17) is 4.74 Å². The lowest BCUT2D eigenvalue weighted by molar-refractivity contribution is -0.875. The Hall–Kier alpha value is -2.18. The molecule has 0 spiro atoms. The number of pyridine rings is 1. The van der Waals surface area contributed by atoms with Crippen molar-refractivity contribution < 1.29 is 14.2 Å². The second-order valence-electron chi connectivity index (χ2n) is 6.40. The van der Waals surface area contributed by atoms with Crippen LogP contribution < -0.4 is 10.1 Å². The highest BCUT2D eigenvalue weighted by Crippen LogP contribution is 2.22. The maximum atomic E-state index is 12.7. The zero-order chi connectivity index (χ0) is 19.0. The van der Waals surface area contributed by atoms with Crippen molar-refractivity contribution in [3.8, 4) is 5.88 Å². The number of nitrogens with one attached hydrogen (secondary N) is 1. The van der Waals surface area contributed by atoms with Crippen LogP contribution in [0.3, 0.4) is 0 Å². The first-order valence-corrected chi connectivity index (χ1v) is 9.40. The number of hydrogen-bond donors (Lipinski definition) is 1. The quantitative estimate of drug-likeness (QED) is 0.400. The number of carbonyl (C=O) groups excluding carboxylic acids is 1. The molecule has 0 saturated heterocycles. The van der Waals surface area contributed by atoms with E-state index < -0.39 is 0 Å². The summed E-state index contributed by atoms with van der Waals surface area (Å²) in [4.78, 5) is 17.2. The average molecular weight is 359 g/mol. The molecule has 0 aliphatic heterocycles. The number of carbonyl (C=O) groups is 1. The van der Waals surface area contributed by atoms with E-state index in [9.17, 15) is 10.0 Å². The Bertz CT molecular complexity index is 729. The lowest BCUT2D eigenvalue weighted by atomic mass is 10.1. The molecule has 0 atom stereocenters. The van der Waals surface area contributed by atoms with Crippen molar-refractivity contribution in [2.45, 2.75) is 33.6 Å². The highest BCUT2D eigenvalue weighted by Gasteiger charge is 2.16. The molecule has 1 heterocycles. The van der Waals surface area contributed by atoms with E-state index in [1.165, 1.54) is 0 Å². The van der Waals surface area contributed by atoms with Gasteiger partial charge in [-0.15, -0.1) is 0 Å². The molecule has 0 radical (unpaired) electrons. The SMILES string of the molecule is CCCCOc1cc(C(=O)NCC[N+]([O-])(CC)CC)c2ccccc2n1. The van der Waals surface area contributed by atoms with Gasteiger partial charge in [-0.3, -0.25) is 4.79 Å². The van der Waals surface area contributed by atoms with Crippen molar-refractivity contribution in [1.82, 2.24) is 10.3 Å². The summed E-state index contributed by atoms with van der Waals surface area (Å²) >= 11 is 0. The second kappa shape index (κ2) is 9.50. The molecule has 26 heavy (non-hydrogen) atoms. The number of amides is 1. The first-order chi connectivity index (χ1) is 12.5. The highest BCUT2D eigenvalue weighted by atomic mass is 16.5. The Labute approximate surface area is 155 Å². The number of hydroxylamine groups is 3. The zero-order valence-electron chi connectivity index (χ0n) is 16.0. The standard InChI is InChI=1S/C20H29N3O3/c1-4-7-14-26-19-15-17(16-10-8-9-11-18(16)22-19)20(24)21-12-13-23(25,5-2)6-3/h8-11,15H,4-7,12-14H2,1-3H3,(H,21,24). The summed E-state index contributed by atoms with van der Waals surface area (Å²) in [6.45, 7) is 8.11. The number of aromatic nitrogens is 1. The number of ether oxygens (including phenoxy) is 1. The van der Waals surface area contributed by atoms with E-state index in [2.05, 4.69) is 17.2 Å². The van der Waals surface area contributed by atoms with E-state index in [1.807, 2.05) is 38.1 Å². The fraction of sp³-hybridized carbons (Fsp3) is 0.500. The zero-order valence-corrected chi connectivity index (χ0v) is 16.0. The van der Waals surface area contributed by atoms with Gasteiger partial charge in [0.15, 0.2) is 0 Å². The summed E-state index contributed by atoms with van der Waals surface area (Å²) in [5.41, 5.74) is 1.25. The first kappa shape index (κ1) is 20.1. The summed E-state index contributed by atoms with van der Waals surface area (Å²) in [6.07, 6.45) is 1.97. The summed E-state index contributed by atoms with van der Waals surface area (Å²) in [5.74, 6) is 0.251. The van der Waals surface area contributed by atoms with Gasteiger partial charge in [0, 0.05) is 11.5 Å². The number of benzene rings is 1. The number of rotatable bonds is 10. The highest BCUT2D eigenvalue weighted by molar-refractivity contribution is 6.06. The smallest absolute Gasteiger partial charge is 0.252 e. The predicted octanol–water partition coefficient (Wildman–Crippen LogP) is 3.50. The molecular weight excluding hydrogens is 330 g/mol. The fourth-order valence-electron chi connectivity index (χ4n) is 2.74. The van der Waals surface area contributed by atoms with Crippen LogP contribution in [0.5, 0.6) is 5.88 Å². The number of likely N-dealkylation sites (N-methyl/N-ethyl adjacent to an activating group) is 1. The molecule has 6 heteroatoms. The van der Waals surface area contributed by atoms with E-state index >= 15 is 0 Å². The van der Waals surface area contributed by atoms with Gasteiger partial charge in [-0.25, -0.2) is 4.98 Å². The van der Waals surface area contributed by atoms with Gasteiger partial charge in [0.05, 0.1) is 43.9 Å². The lowest BCUT2D eigenvalue weighted by Crippen LogP contribution is -2.46. The van der Waals surface area contributed by atoms with Crippen molar-refractivity contribution in [3.63, 3.8) is 0 Å². The molecule has 0 unspecified atom stereocenters. The van der Waals surface area contributed by atoms with Crippen LogP contribution in [0.1, 0.15) is 44.0 Å². The number of unbranched alkanes of at least 4 members (excludes halogenated alkanes) is 1. The molecule has 0 aliphatic carbocycles. The molecule has 2 aromatic rings. The third kappa shape index (κ3) is 5.16. The maximum Gasteiger partial charge on any atom is 0.252 e. The van der Waals surface area contributed by atoms with Crippen LogP contribution >= 0.6 is 0 Å². The molecule has 142 valence electrons. The molecule has 1 amide bonds. The first-order valence-electron chi connectivity index (χ1n) is 9.40. The number of para-hydroxylation sites is 1. The van der Waals surface area contributed by atoms with Crippen molar-refractivity contribution in [2.24, 2.45) is 0 Å². The van der Waals surface area contributed by atoms with E-state index in [0.717, 1.165) is 23.7 Å². The molecule has 6 nitrogen and oxygen atoms in total. The van der Waals surface area contributed by atoms with Gasteiger partial charge < -0.3 is 19.9 Å². The molecule has 0 saturated carbocycles. The van der Waals surface area contributed by atoms with Gasteiger partial charge >= 0.3 is 0 Å². The second-order valence-corrected chi connectivity index (χ2v) is 6.40. The number of nitrogens with zero attached hydrogens (tertiary/aromatic N) is 2. The molecule has 1 N–H and O–H groups in total. The Balaban J connectivity index is 2.16. The molecule has 2 rings (SSSR count). The summed E-state index contributed by atoms with van der Waals surface area (Å²) in [5, 5.41) is 16.0. The molecule has 1 aromatic heterocycles. The summed E-state index contributed by atoms with van der Waals surface area (Å²) in [7, 11) is 0. The number of quaternary nitrogens is 1. The normalized spacial score (nSPS) is 11.5. The van der Waals surface area contributed by atoms with Crippen LogP contribution in [-0.4, -0.2) is 48.3 Å². The maximum absolute atomic E-state index is 12.7. The molecule has 0 fully saturated rings. The fourth-order valence-corrected chi connectivity index (χ4v) is 2.74. The monoisotopic (exact) mass is 359 g/mol. The minimum Gasteiger partial charge on any atom is -0.633 e. The van der Waals surface area contributed by atoms with Crippen molar-refractivity contribution in [1.29, 1.82) is 0 Å². The molecule has 1 aromatic carbocycles. The minimum atomic E-state index is -0.303. The van der Waals surface area contributed by atoms with Crippen LogP contribution in [0.25, 0.3) is 10.9 Å². The predicted molar refractivity (Wildman–Crippen MR) is 104 cm³/mol. The summed E-state index contributed by atoms with van der Waals surface area (Å²) < 4.78 is 5.39. The Morgan fingerprint density at radius 3 is 2.65 bits per heavy atom. The third-order valence-electron chi connectivity index (χ3n) is 4.64. The number of hydrogen-bond acceptors (Lipinski definition) is 4. The molecular formula is C20H29N3O3. The van der Waals surface area contributed by atoms with Gasteiger partial charge in [-0.1, -0.05) is 31.5 Å². The Kier molecular flexibility index (Phi) is 7.36. The van der Waals surface area contributed by atoms with Crippen LogP contribution in [0, 0.1) is 5.21 Å². The molecule has 0 aliphatic rings. The van der Waals surface area contributed by atoms with Gasteiger partial charge in [-0.05, 0) is 26.3 Å². The van der Waals surface area contributed by atoms with Crippen LogP contribution in [-0.2, 0) is 0 Å². The third-order valence-corrected chi connectivity index (χ3v) is 4.64. The van der Waals surface area contributed by atoms with Gasteiger partial charge in [0.25, 0.3) is 5.91 Å². The Morgan fingerprint density at radius 2 is 1.96 bits per heavy atom. The van der Waals surface area contributed by atoms with Gasteiger partial charge in [0.1, 0.15) is 0 Å². The topological polar surface area (TPSA) is 74.3 Å². The van der Waals surface area contributed by atoms with E-state index in [1.54, 1.807) is 6.07 Å². The minimum absolute atomic E-state index is 0.206. The Morgan fingerprint density at radius 1 is 1.23 bits per heavy atom. The number of fused-ring (bicyclic) bond motifs is 1. The average Bonchev–Trinajstić information content (AvgIpc) is 2.67. The van der Waals surface area contributed by atoms with E-state index in [0.29, 0.717) is 44.2 Å². The van der Waals surface area contributed by atoms with Crippen molar-refractivity contribution in [3.05, 3.63) is 41.1 Å². The van der Waals surface area contributed by atoms with Gasteiger partial charge in [-0.2, -0.15) is 0 Å². The van der Waals surface area contributed by atoms with Crippen LogP contribution in [0.4, 0.5) is 0 Å². The van der Waals surface area contributed by atoms with Crippen molar-refractivity contribution in [2.75, 3.05) is 32.8 Å². The van der Waals surface area contributed by atoms with Crippen LogP contribution in [0.15, 0.2) is 30.3 Å². The van der Waals surface area contributed by atoms with Gasteiger partial charge in [0.2, 0.25) is 5.88 Å². The van der Waals surface area contributed by atoms with E-state index in [-0.39, 0.29) is 10.6 Å². The lowest BCUT2D eigenvalue weighted by Gasteiger charge is -2.41. The summed E-state index contributed by atoms with van der Waals surface area (Å²) in [6, 6.07) is 9.20.